The van der Waals surface area contributed by atoms with Crippen LogP contribution in [0.3, 0.4) is 0 Å². The van der Waals surface area contributed by atoms with Crippen molar-refractivity contribution in [3.63, 3.8) is 0 Å². The summed E-state index contributed by atoms with van der Waals surface area (Å²) in [7, 11) is 0. The van der Waals surface area contributed by atoms with E-state index in [2.05, 4.69) is 0 Å². The van der Waals surface area contributed by atoms with Gasteiger partial charge in [-0.15, -0.1) is 0 Å². The molecule has 1 fully saturated rings. The summed E-state index contributed by atoms with van der Waals surface area (Å²) in [5, 5.41) is 9.06. The molecule has 0 aromatic heterocycles. The third-order valence-corrected chi connectivity index (χ3v) is 1.94. The third-order valence-electron chi connectivity index (χ3n) is 1.94. The third kappa shape index (κ3) is 2.46. The monoisotopic (exact) mass is 172 g/mol. The highest BCUT2D eigenvalue weighted by Gasteiger charge is 2.33. The molecule has 0 spiro atoms. The standard InChI is InChI=1S/C8H16N2O2/c1-6(11)4-10(5-9)8(12)7-2-3-7/h6-7,11H,2-5,9H2,1H3. The molecule has 1 aliphatic rings. The summed E-state index contributed by atoms with van der Waals surface area (Å²) in [5.41, 5.74) is 5.38. The Morgan fingerprint density at radius 3 is 2.67 bits per heavy atom. The molecule has 4 heteroatoms. The average Bonchev–Trinajstić information content (AvgIpc) is 2.80. The molecule has 4 nitrogen and oxygen atoms in total. The van der Waals surface area contributed by atoms with E-state index in [0.717, 1.165) is 12.8 Å². The molecule has 0 aromatic carbocycles. The van der Waals surface area contributed by atoms with Gasteiger partial charge >= 0.3 is 0 Å². The van der Waals surface area contributed by atoms with Crippen molar-refractivity contribution in [2.75, 3.05) is 13.2 Å². The van der Waals surface area contributed by atoms with E-state index in [1.54, 1.807) is 6.92 Å². The van der Waals surface area contributed by atoms with Crippen molar-refractivity contribution in [1.82, 2.24) is 4.90 Å². The minimum atomic E-state index is -0.490. The molecule has 0 saturated heterocycles. The van der Waals surface area contributed by atoms with Crippen LogP contribution in [0.25, 0.3) is 0 Å². The van der Waals surface area contributed by atoms with Gasteiger partial charge in [0.25, 0.3) is 0 Å². The molecular weight excluding hydrogens is 156 g/mol. The van der Waals surface area contributed by atoms with Crippen molar-refractivity contribution >= 4 is 5.91 Å². The number of aliphatic hydroxyl groups is 1. The van der Waals surface area contributed by atoms with Crippen molar-refractivity contribution in [2.45, 2.75) is 25.9 Å². The molecule has 1 saturated carbocycles. The number of rotatable bonds is 4. The average molecular weight is 172 g/mol. The van der Waals surface area contributed by atoms with Crippen LogP contribution >= 0.6 is 0 Å². The highest BCUT2D eigenvalue weighted by atomic mass is 16.3. The van der Waals surface area contributed by atoms with Gasteiger partial charge in [-0.2, -0.15) is 0 Å². The lowest BCUT2D eigenvalue weighted by molar-refractivity contribution is -0.133. The van der Waals surface area contributed by atoms with Crippen LogP contribution in [0.4, 0.5) is 0 Å². The second kappa shape index (κ2) is 3.87. The molecule has 1 amide bonds. The fourth-order valence-corrected chi connectivity index (χ4v) is 1.16. The first-order chi connectivity index (χ1) is 5.65. The van der Waals surface area contributed by atoms with Gasteiger partial charge in [0, 0.05) is 12.5 Å². The summed E-state index contributed by atoms with van der Waals surface area (Å²) >= 11 is 0. The van der Waals surface area contributed by atoms with Gasteiger partial charge in [0.1, 0.15) is 0 Å². The van der Waals surface area contributed by atoms with E-state index in [4.69, 9.17) is 10.8 Å². The second-order valence-corrected chi connectivity index (χ2v) is 3.37. The minimum Gasteiger partial charge on any atom is -0.392 e. The first-order valence-electron chi connectivity index (χ1n) is 4.32. The van der Waals surface area contributed by atoms with E-state index in [-0.39, 0.29) is 18.5 Å². The number of hydrogen-bond donors (Lipinski definition) is 2. The molecule has 1 unspecified atom stereocenters. The zero-order valence-corrected chi connectivity index (χ0v) is 7.36. The maximum absolute atomic E-state index is 11.4. The lowest BCUT2D eigenvalue weighted by Crippen LogP contribution is -2.41. The Bertz CT molecular complexity index is 166. The van der Waals surface area contributed by atoms with Crippen LogP contribution in [0, 0.1) is 5.92 Å². The smallest absolute Gasteiger partial charge is 0.226 e. The summed E-state index contributed by atoms with van der Waals surface area (Å²) in [4.78, 5) is 12.9. The van der Waals surface area contributed by atoms with E-state index in [9.17, 15) is 4.79 Å². The molecule has 0 heterocycles. The fourth-order valence-electron chi connectivity index (χ4n) is 1.16. The summed E-state index contributed by atoms with van der Waals surface area (Å²) in [6, 6.07) is 0. The molecule has 1 aliphatic carbocycles. The molecule has 1 rings (SSSR count). The molecule has 3 N–H and O–H groups in total. The van der Waals surface area contributed by atoms with Crippen molar-refractivity contribution in [3.8, 4) is 0 Å². The number of nitrogens with two attached hydrogens (primary N) is 1. The van der Waals surface area contributed by atoms with Crippen molar-refractivity contribution < 1.29 is 9.90 Å². The van der Waals surface area contributed by atoms with E-state index >= 15 is 0 Å². The molecular formula is C8H16N2O2. The van der Waals surface area contributed by atoms with E-state index < -0.39 is 6.10 Å². The van der Waals surface area contributed by atoms with Crippen LogP contribution in [-0.4, -0.2) is 35.2 Å². The normalized spacial score (nSPS) is 18.9. The lowest BCUT2D eigenvalue weighted by Gasteiger charge is -2.21. The number of carbonyl (C=O) groups excluding carboxylic acids is 1. The quantitative estimate of drug-likeness (QED) is 0.563. The van der Waals surface area contributed by atoms with Crippen LogP contribution in [0.5, 0.6) is 0 Å². The van der Waals surface area contributed by atoms with Crippen LogP contribution in [-0.2, 0) is 4.79 Å². The Morgan fingerprint density at radius 1 is 1.75 bits per heavy atom. The largest absolute Gasteiger partial charge is 0.392 e. The summed E-state index contributed by atoms with van der Waals surface area (Å²) in [5.74, 6) is 0.283. The van der Waals surface area contributed by atoms with Gasteiger partial charge < -0.3 is 15.7 Å². The summed E-state index contributed by atoms with van der Waals surface area (Å²) in [6.45, 7) is 2.22. The van der Waals surface area contributed by atoms with Crippen LogP contribution < -0.4 is 5.73 Å². The Morgan fingerprint density at radius 2 is 2.33 bits per heavy atom. The Kier molecular flexibility index (Phi) is 3.05. The number of aliphatic hydroxyl groups excluding tert-OH is 1. The van der Waals surface area contributed by atoms with Gasteiger partial charge in [0.2, 0.25) is 5.91 Å². The summed E-state index contributed by atoms with van der Waals surface area (Å²) in [6.07, 6.45) is 1.47. The van der Waals surface area contributed by atoms with Crippen LogP contribution in [0.2, 0.25) is 0 Å². The van der Waals surface area contributed by atoms with Gasteiger partial charge in [-0.05, 0) is 19.8 Å². The van der Waals surface area contributed by atoms with Gasteiger partial charge in [-0.3, -0.25) is 4.79 Å². The molecule has 12 heavy (non-hydrogen) atoms. The van der Waals surface area contributed by atoms with Crippen molar-refractivity contribution in [1.29, 1.82) is 0 Å². The predicted octanol–water partition coefficient (Wildman–Crippen LogP) is -0.478. The highest BCUT2D eigenvalue weighted by Crippen LogP contribution is 2.30. The van der Waals surface area contributed by atoms with Crippen LogP contribution in [0.1, 0.15) is 19.8 Å². The second-order valence-electron chi connectivity index (χ2n) is 3.37. The first-order valence-corrected chi connectivity index (χ1v) is 4.32. The van der Waals surface area contributed by atoms with Gasteiger partial charge in [-0.1, -0.05) is 0 Å². The first kappa shape index (κ1) is 9.48. The molecule has 0 bridgehead atoms. The fraction of sp³-hybridized carbons (Fsp3) is 0.875. The van der Waals surface area contributed by atoms with Crippen molar-refractivity contribution in [3.05, 3.63) is 0 Å². The van der Waals surface area contributed by atoms with Gasteiger partial charge in [0.15, 0.2) is 0 Å². The Balaban J connectivity index is 2.37. The molecule has 0 aliphatic heterocycles. The minimum absolute atomic E-state index is 0.0957. The van der Waals surface area contributed by atoms with E-state index in [1.807, 2.05) is 0 Å². The van der Waals surface area contributed by atoms with Crippen molar-refractivity contribution in [2.24, 2.45) is 11.7 Å². The number of carbonyl (C=O) groups is 1. The van der Waals surface area contributed by atoms with Gasteiger partial charge in [0.05, 0.1) is 12.8 Å². The molecule has 0 aromatic rings. The lowest BCUT2D eigenvalue weighted by atomic mass is 10.3. The Labute approximate surface area is 72.3 Å². The van der Waals surface area contributed by atoms with E-state index in [1.165, 1.54) is 4.90 Å². The highest BCUT2D eigenvalue weighted by molar-refractivity contribution is 5.81. The number of hydrogen-bond acceptors (Lipinski definition) is 3. The molecule has 0 radical (unpaired) electrons. The summed E-state index contributed by atoms with van der Waals surface area (Å²) < 4.78 is 0. The Hall–Kier alpha value is -0.610. The van der Waals surface area contributed by atoms with Crippen LogP contribution in [0.15, 0.2) is 0 Å². The maximum atomic E-state index is 11.4. The SMILES string of the molecule is CC(O)CN(CN)C(=O)C1CC1. The molecule has 1 atom stereocenters. The predicted molar refractivity (Wildman–Crippen MR) is 45.2 cm³/mol. The number of amides is 1. The molecule has 70 valence electrons. The van der Waals surface area contributed by atoms with E-state index in [0.29, 0.717) is 6.54 Å². The topological polar surface area (TPSA) is 66.6 Å². The zero-order chi connectivity index (χ0) is 9.14. The zero-order valence-electron chi connectivity index (χ0n) is 7.36. The van der Waals surface area contributed by atoms with Gasteiger partial charge in [-0.25, -0.2) is 0 Å². The maximum Gasteiger partial charge on any atom is 0.226 e. The number of nitrogens with zero attached hydrogens (tertiary/aromatic N) is 1.